The van der Waals surface area contributed by atoms with E-state index in [0.29, 0.717) is 11.0 Å². The number of hydrogen-bond acceptors (Lipinski definition) is 3. The molecule has 0 saturated heterocycles. The maximum absolute atomic E-state index is 11.4. The highest BCUT2D eigenvalue weighted by Crippen LogP contribution is 2.40. The summed E-state index contributed by atoms with van der Waals surface area (Å²) in [7, 11) is 1.41. The van der Waals surface area contributed by atoms with Gasteiger partial charge in [-0.25, -0.2) is 4.79 Å². The summed E-state index contributed by atoms with van der Waals surface area (Å²) in [5.41, 5.74) is 2.34. The second-order valence-corrected chi connectivity index (χ2v) is 5.85. The third kappa shape index (κ3) is 3.60. The number of carbonyl (C=O) groups is 1. The lowest BCUT2D eigenvalue weighted by atomic mass is 9.83. The number of benzene rings is 1. The second-order valence-electron chi connectivity index (χ2n) is 5.85. The lowest BCUT2D eigenvalue weighted by molar-refractivity contribution is 0.0600. The molecular formula is C17H25NO2. The molecule has 1 fully saturated rings. The molecule has 0 aromatic heterocycles. The maximum Gasteiger partial charge on any atom is 0.337 e. The number of ether oxygens (including phenoxy) is 1. The third-order valence-corrected chi connectivity index (χ3v) is 4.62. The van der Waals surface area contributed by atoms with Crippen molar-refractivity contribution in [1.29, 1.82) is 0 Å². The van der Waals surface area contributed by atoms with Crippen molar-refractivity contribution in [2.45, 2.75) is 45.6 Å². The fourth-order valence-electron chi connectivity index (χ4n) is 3.13. The molecule has 0 heterocycles. The molecule has 0 spiro atoms. The minimum atomic E-state index is -0.277. The molecular weight excluding hydrogens is 250 g/mol. The van der Waals surface area contributed by atoms with E-state index in [-0.39, 0.29) is 5.97 Å². The van der Waals surface area contributed by atoms with Crippen LogP contribution in [0.1, 0.15) is 54.9 Å². The summed E-state index contributed by atoms with van der Waals surface area (Å²) in [5.74, 6) is -0.277. The number of methoxy groups -OCH3 is 1. The molecule has 1 aromatic carbocycles. The van der Waals surface area contributed by atoms with Gasteiger partial charge in [0.1, 0.15) is 0 Å². The highest BCUT2D eigenvalue weighted by atomic mass is 16.5. The molecule has 3 heteroatoms. The van der Waals surface area contributed by atoms with Crippen LogP contribution in [0.2, 0.25) is 0 Å². The molecule has 0 unspecified atom stereocenters. The van der Waals surface area contributed by atoms with Crippen molar-refractivity contribution in [3.8, 4) is 0 Å². The van der Waals surface area contributed by atoms with Crippen molar-refractivity contribution < 1.29 is 9.53 Å². The van der Waals surface area contributed by atoms with E-state index < -0.39 is 0 Å². The SMILES string of the molecule is CCC1(CNCc2ccc(C(=O)OC)cc2)CCCC1. The summed E-state index contributed by atoms with van der Waals surface area (Å²) in [6.45, 7) is 4.27. The van der Waals surface area contributed by atoms with Gasteiger partial charge in [-0.2, -0.15) is 0 Å². The van der Waals surface area contributed by atoms with Gasteiger partial charge in [-0.1, -0.05) is 31.9 Å². The Morgan fingerprint density at radius 1 is 1.25 bits per heavy atom. The number of carbonyl (C=O) groups excluding carboxylic acids is 1. The average Bonchev–Trinajstić information content (AvgIpc) is 2.96. The van der Waals surface area contributed by atoms with Crippen molar-refractivity contribution >= 4 is 5.97 Å². The van der Waals surface area contributed by atoms with Gasteiger partial charge in [-0.15, -0.1) is 0 Å². The molecule has 0 amide bonds. The Hall–Kier alpha value is -1.35. The van der Waals surface area contributed by atoms with E-state index in [0.717, 1.165) is 13.1 Å². The predicted molar refractivity (Wildman–Crippen MR) is 80.7 cm³/mol. The van der Waals surface area contributed by atoms with Gasteiger partial charge in [0.2, 0.25) is 0 Å². The zero-order valence-corrected chi connectivity index (χ0v) is 12.6. The first-order valence-electron chi connectivity index (χ1n) is 7.57. The molecule has 0 atom stereocenters. The summed E-state index contributed by atoms with van der Waals surface area (Å²) in [4.78, 5) is 11.4. The van der Waals surface area contributed by atoms with E-state index in [1.807, 2.05) is 24.3 Å². The van der Waals surface area contributed by atoms with E-state index in [4.69, 9.17) is 4.74 Å². The summed E-state index contributed by atoms with van der Waals surface area (Å²) in [6, 6.07) is 7.64. The van der Waals surface area contributed by atoms with Crippen molar-refractivity contribution in [3.63, 3.8) is 0 Å². The van der Waals surface area contributed by atoms with Crippen LogP contribution in [0.3, 0.4) is 0 Å². The van der Waals surface area contributed by atoms with Gasteiger partial charge in [-0.05, 0) is 42.4 Å². The fourth-order valence-corrected chi connectivity index (χ4v) is 3.13. The van der Waals surface area contributed by atoms with E-state index in [9.17, 15) is 4.79 Å². The minimum Gasteiger partial charge on any atom is -0.465 e. The van der Waals surface area contributed by atoms with Crippen molar-refractivity contribution in [2.75, 3.05) is 13.7 Å². The summed E-state index contributed by atoms with van der Waals surface area (Å²) >= 11 is 0. The standard InChI is InChI=1S/C17H25NO2/c1-3-17(10-4-5-11-17)13-18-12-14-6-8-15(9-7-14)16(19)20-2/h6-9,18H,3-5,10-13H2,1-2H3. The van der Waals surface area contributed by atoms with E-state index >= 15 is 0 Å². The Morgan fingerprint density at radius 3 is 2.45 bits per heavy atom. The molecule has 2 rings (SSSR count). The smallest absolute Gasteiger partial charge is 0.337 e. The minimum absolute atomic E-state index is 0.277. The first-order chi connectivity index (χ1) is 9.69. The van der Waals surface area contributed by atoms with Gasteiger partial charge in [0.15, 0.2) is 0 Å². The van der Waals surface area contributed by atoms with Crippen molar-refractivity contribution in [3.05, 3.63) is 35.4 Å². The summed E-state index contributed by atoms with van der Waals surface area (Å²) < 4.78 is 4.70. The highest BCUT2D eigenvalue weighted by molar-refractivity contribution is 5.89. The monoisotopic (exact) mass is 275 g/mol. The molecule has 1 aliphatic rings. The molecule has 1 N–H and O–H groups in total. The Labute approximate surface area is 121 Å². The van der Waals surface area contributed by atoms with Gasteiger partial charge in [0.05, 0.1) is 12.7 Å². The van der Waals surface area contributed by atoms with Gasteiger partial charge in [0.25, 0.3) is 0 Å². The lowest BCUT2D eigenvalue weighted by Gasteiger charge is -2.27. The van der Waals surface area contributed by atoms with E-state index in [1.165, 1.54) is 44.8 Å². The van der Waals surface area contributed by atoms with Gasteiger partial charge >= 0.3 is 5.97 Å². The normalized spacial score (nSPS) is 17.1. The van der Waals surface area contributed by atoms with E-state index in [1.54, 1.807) is 0 Å². The van der Waals surface area contributed by atoms with Crippen molar-refractivity contribution in [1.82, 2.24) is 5.32 Å². The molecule has 1 aliphatic carbocycles. The zero-order chi connectivity index (χ0) is 14.4. The Balaban J connectivity index is 1.83. The Kier molecular flexibility index (Phi) is 5.18. The maximum atomic E-state index is 11.4. The molecule has 1 aromatic rings. The van der Waals surface area contributed by atoms with Crippen LogP contribution in [-0.4, -0.2) is 19.6 Å². The highest BCUT2D eigenvalue weighted by Gasteiger charge is 2.31. The molecule has 0 aliphatic heterocycles. The summed E-state index contributed by atoms with van der Waals surface area (Å²) in [5, 5.41) is 3.58. The molecule has 0 radical (unpaired) electrons. The number of hydrogen-bond donors (Lipinski definition) is 1. The van der Waals surface area contributed by atoms with Crippen LogP contribution in [0.25, 0.3) is 0 Å². The predicted octanol–water partition coefficient (Wildman–Crippen LogP) is 3.53. The largest absolute Gasteiger partial charge is 0.465 e. The number of rotatable bonds is 6. The number of nitrogens with one attached hydrogen (secondary N) is 1. The van der Waals surface area contributed by atoms with Crippen LogP contribution < -0.4 is 5.32 Å². The van der Waals surface area contributed by atoms with Crippen LogP contribution in [-0.2, 0) is 11.3 Å². The van der Waals surface area contributed by atoms with Crippen LogP contribution in [0, 0.1) is 5.41 Å². The van der Waals surface area contributed by atoms with Crippen LogP contribution in [0.4, 0.5) is 0 Å². The second kappa shape index (κ2) is 6.89. The van der Waals surface area contributed by atoms with Crippen LogP contribution >= 0.6 is 0 Å². The quantitative estimate of drug-likeness (QED) is 0.807. The average molecular weight is 275 g/mol. The molecule has 3 nitrogen and oxygen atoms in total. The van der Waals surface area contributed by atoms with Crippen molar-refractivity contribution in [2.24, 2.45) is 5.41 Å². The molecule has 110 valence electrons. The van der Waals surface area contributed by atoms with Gasteiger partial charge in [-0.3, -0.25) is 0 Å². The Bertz CT molecular complexity index is 433. The molecule has 0 bridgehead atoms. The first kappa shape index (κ1) is 15.0. The first-order valence-corrected chi connectivity index (χ1v) is 7.57. The topological polar surface area (TPSA) is 38.3 Å². The van der Waals surface area contributed by atoms with Crippen LogP contribution in [0.15, 0.2) is 24.3 Å². The Morgan fingerprint density at radius 2 is 1.90 bits per heavy atom. The molecule has 1 saturated carbocycles. The summed E-state index contributed by atoms with van der Waals surface area (Å²) in [6.07, 6.45) is 6.74. The van der Waals surface area contributed by atoms with E-state index in [2.05, 4.69) is 12.2 Å². The number of esters is 1. The van der Waals surface area contributed by atoms with Gasteiger partial charge in [0, 0.05) is 13.1 Å². The van der Waals surface area contributed by atoms with Crippen LogP contribution in [0.5, 0.6) is 0 Å². The lowest BCUT2D eigenvalue weighted by Crippen LogP contribution is -2.31. The fraction of sp³-hybridized carbons (Fsp3) is 0.588. The molecule has 20 heavy (non-hydrogen) atoms. The van der Waals surface area contributed by atoms with Gasteiger partial charge < -0.3 is 10.1 Å². The third-order valence-electron chi connectivity index (χ3n) is 4.62. The zero-order valence-electron chi connectivity index (χ0n) is 12.6.